The third-order valence-electron chi connectivity index (χ3n) is 2.47. The Morgan fingerprint density at radius 1 is 1.19 bits per heavy atom. The second kappa shape index (κ2) is 6.27. The molecule has 0 atom stereocenters. The number of benzene rings is 1. The van der Waals surface area contributed by atoms with E-state index in [1.165, 1.54) is 5.56 Å². The van der Waals surface area contributed by atoms with Crippen LogP contribution in [0.5, 0.6) is 0 Å². The van der Waals surface area contributed by atoms with Crippen molar-refractivity contribution in [1.29, 1.82) is 0 Å². The van der Waals surface area contributed by atoms with Gasteiger partial charge in [-0.2, -0.15) is 21.6 Å². The van der Waals surface area contributed by atoms with Crippen molar-refractivity contribution >= 4 is 10.1 Å². The molecular formula is C12H13F3N2O3S. The zero-order valence-corrected chi connectivity index (χ0v) is 12.0. The fourth-order valence-corrected chi connectivity index (χ4v) is 1.31. The highest BCUT2D eigenvalue weighted by Crippen LogP contribution is 2.20. The van der Waals surface area contributed by atoms with Crippen LogP contribution in [-0.2, 0) is 17.2 Å². The van der Waals surface area contributed by atoms with Gasteiger partial charge in [-0.05, 0) is 6.92 Å². The lowest BCUT2D eigenvalue weighted by molar-refractivity contribution is -0.0510. The zero-order chi connectivity index (χ0) is 16.3. The Labute approximate surface area is 119 Å². The normalized spacial score (nSPS) is 11.7. The fraction of sp³-hybridized carbons (Fsp3) is 0.250. The smallest absolute Gasteiger partial charge is 0.338 e. The molecule has 0 radical (unpaired) electrons. The number of alkyl halides is 3. The average molecular weight is 322 g/mol. The third-order valence-corrected chi connectivity index (χ3v) is 3.06. The fourth-order valence-electron chi connectivity index (χ4n) is 1.31. The zero-order valence-electron chi connectivity index (χ0n) is 11.2. The predicted molar refractivity (Wildman–Crippen MR) is 71.0 cm³/mol. The molecule has 21 heavy (non-hydrogen) atoms. The van der Waals surface area contributed by atoms with Crippen LogP contribution in [0.4, 0.5) is 13.2 Å². The Bertz CT molecular complexity index is 675. The van der Waals surface area contributed by atoms with E-state index in [9.17, 15) is 13.2 Å². The Morgan fingerprint density at radius 3 is 2.00 bits per heavy atom. The lowest BCUT2D eigenvalue weighted by Gasteiger charge is -1.97. The van der Waals surface area contributed by atoms with E-state index in [0.29, 0.717) is 0 Å². The number of aromatic nitrogens is 2. The highest BCUT2D eigenvalue weighted by atomic mass is 32.2. The highest BCUT2D eigenvalue weighted by molar-refractivity contribution is 7.86. The van der Waals surface area contributed by atoms with Crippen molar-refractivity contribution < 1.29 is 26.1 Å². The monoisotopic (exact) mass is 322 g/mol. The first-order valence-electron chi connectivity index (χ1n) is 5.61. The molecule has 0 saturated heterocycles. The Balaban J connectivity index is 0.000000240. The SMILES string of the molecule is Cc1nc(-c2ccccc2)cn1C.O=S(=O)(O)C(F)(F)F. The number of imidazole rings is 1. The van der Waals surface area contributed by atoms with Gasteiger partial charge in [-0.25, -0.2) is 4.98 Å². The quantitative estimate of drug-likeness (QED) is 0.647. The van der Waals surface area contributed by atoms with E-state index in [1.807, 2.05) is 42.9 Å². The van der Waals surface area contributed by atoms with Crippen molar-refractivity contribution in [1.82, 2.24) is 9.55 Å². The van der Waals surface area contributed by atoms with E-state index in [2.05, 4.69) is 17.1 Å². The van der Waals surface area contributed by atoms with Crippen LogP contribution in [0, 0.1) is 6.92 Å². The molecule has 0 unspecified atom stereocenters. The first-order chi connectivity index (χ1) is 9.52. The van der Waals surface area contributed by atoms with Gasteiger partial charge in [0.1, 0.15) is 5.82 Å². The van der Waals surface area contributed by atoms with Crippen molar-refractivity contribution in [3.8, 4) is 11.3 Å². The maximum atomic E-state index is 10.7. The van der Waals surface area contributed by atoms with Gasteiger partial charge < -0.3 is 4.57 Å². The van der Waals surface area contributed by atoms with Crippen molar-refractivity contribution in [2.24, 2.45) is 7.05 Å². The van der Waals surface area contributed by atoms with Gasteiger partial charge in [-0.3, -0.25) is 4.55 Å². The highest BCUT2D eigenvalue weighted by Gasteiger charge is 2.44. The van der Waals surface area contributed by atoms with Gasteiger partial charge >= 0.3 is 15.6 Å². The summed E-state index contributed by atoms with van der Waals surface area (Å²) < 4.78 is 59.6. The molecule has 0 aliphatic rings. The molecule has 0 fully saturated rings. The molecule has 9 heteroatoms. The molecule has 116 valence electrons. The van der Waals surface area contributed by atoms with Crippen LogP contribution in [0.15, 0.2) is 36.5 Å². The topological polar surface area (TPSA) is 72.2 Å². The summed E-state index contributed by atoms with van der Waals surface area (Å²) in [5.74, 6) is 1.04. The van der Waals surface area contributed by atoms with E-state index in [4.69, 9.17) is 13.0 Å². The average Bonchev–Trinajstić information content (AvgIpc) is 2.69. The summed E-state index contributed by atoms with van der Waals surface area (Å²) in [6.45, 7) is 2.01. The number of hydrogen-bond donors (Lipinski definition) is 1. The van der Waals surface area contributed by atoms with Gasteiger partial charge in [-0.1, -0.05) is 30.3 Å². The maximum Gasteiger partial charge on any atom is 0.522 e. The lowest BCUT2D eigenvalue weighted by atomic mass is 10.2. The summed E-state index contributed by atoms with van der Waals surface area (Å²) in [6, 6.07) is 10.2. The molecule has 1 heterocycles. The molecule has 5 nitrogen and oxygen atoms in total. The van der Waals surface area contributed by atoms with Gasteiger partial charge in [0.05, 0.1) is 5.69 Å². The first kappa shape index (κ1) is 17.2. The van der Waals surface area contributed by atoms with E-state index in [0.717, 1.165) is 11.5 Å². The maximum absolute atomic E-state index is 10.7. The first-order valence-corrected chi connectivity index (χ1v) is 7.05. The summed E-state index contributed by atoms with van der Waals surface area (Å²) in [5, 5.41) is 0. The predicted octanol–water partition coefficient (Wildman–Crippen LogP) is 2.79. The van der Waals surface area contributed by atoms with Crippen LogP contribution in [0.1, 0.15) is 5.82 Å². The van der Waals surface area contributed by atoms with E-state index < -0.39 is 15.6 Å². The van der Waals surface area contributed by atoms with E-state index >= 15 is 0 Å². The number of hydrogen-bond acceptors (Lipinski definition) is 3. The standard InChI is InChI=1S/C11H12N2.CHF3O3S/c1-9-12-11(8-13(9)2)10-6-4-3-5-7-10;2-1(3,4)8(5,6)7/h3-8H,1-2H3;(H,5,6,7). The second-order valence-electron chi connectivity index (χ2n) is 4.07. The van der Waals surface area contributed by atoms with Crippen molar-refractivity contribution in [2.75, 3.05) is 0 Å². The molecule has 2 aromatic rings. The summed E-state index contributed by atoms with van der Waals surface area (Å²) in [7, 11) is -3.83. The third kappa shape index (κ3) is 4.87. The van der Waals surface area contributed by atoms with Gasteiger partial charge in [0.15, 0.2) is 0 Å². The van der Waals surface area contributed by atoms with Crippen molar-refractivity contribution in [2.45, 2.75) is 12.4 Å². The van der Waals surface area contributed by atoms with Crippen LogP contribution in [0.25, 0.3) is 11.3 Å². The van der Waals surface area contributed by atoms with Crippen LogP contribution < -0.4 is 0 Å². The van der Waals surface area contributed by atoms with Gasteiger partial charge in [0.25, 0.3) is 0 Å². The Kier molecular flexibility index (Phi) is 5.13. The number of nitrogens with zero attached hydrogens (tertiary/aromatic N) is 2. The summed E-state index contributed by atoms with van der Waals surface area (Å²) in [5.41, 5.74) is -3.32. The van der Waals surface area contributed by atoms with Gasteiger partial charge in [-0.15, -0.1) is 0 Å². The van der Waals surface area contributed by atoms with Crippen molar-refractivity contribution in [3.63, 3.8) is 0 Å². The molecule has 0 spiro atoms. The van der Waals surface area contributed by atoms with Crippen LogP contribution >= 0.6 is 0 Å². The molecule has 1 N–H and O–H groups in total. The minimum atomic E-state index is -5.84. The van der Waals surface area contributed by atoms with E-state index in [-0.39, 0.29) is 0 Å². The van der Waals surface area contributed by atoms with E-state index in [1.54, 1.807) is 0 Å². The molecule has 1 aromatic carbocycles. The largest absolute Gasteiger partial charge is 0.522 e. The molecule has 0 amide bonds. The number of rotatable bonds is 1. The molecule has 0 aliphatic heterocycles. The number of halogens is 3. The molecule has 0 bridgehead atoms. The molecular weight excluding hydrogens is 309 g/mol. The summed E-state index contributed by atoms with van der Waals surface area (Å²) in [4.78, 5) is 4.44. The Hall–Kier alpha value is -1.87. The van der Waals surface area contributed by atoms with Gasteiger partial charge in [0, 0.05) is 18.8 Å². The second-order valence-corrected chi connectivity index (χ2v) is 5.48. The Morgan fingerprint density at radius 2 is 1.67 bits per heavy atom. The van der Waals surface area contributed by atoms with Crippen molar-refractivity contribution in [3.05, 3.63) is 42.4 Å². The van der Waals surface area contributed by atoms with Gasteiger partial charge in [0.2, 0.25) is 0 Å². The minimum absolute atomic E-state index is 1.04. The molecule has 0 aliphatic carbocycles. The molecule has 0 saturated carbocycles. The summed E-state index contributed by atoms with van der Waals surface area (Å²) >= 11 is 0. The van der Waals surface area contributed by atoms with Crippen LogP contribution in [0.2, 0.25) is 0 Å². The number of aryl methyl sites for hydroxylation is 2. The molecule has 2 rings (SSSR count). The summed E-state index contributed by atoms with van der Waals surface area (Å²) in [6.07, 6.45) is 2.05. The lowest BCUT2D eigenvalue weighted by Crippen LogP contribution is -2.21. The van der Waals surface area contributed by atoms with Crippen LogP contribution in [-0.4, -0.2) is 28.0 Å². The minimum Gasteiger partial charge on any atom is -0.338 e. The van der Waals surface area contributed by atoms with Crippen LogP contribution in [0.3, 0.4) is 0 Å². The molecule has 1 aromatic heterocycles.